The zero-order valence-corrected chi connectivity index (χ0v) is 22.0. The van der Waals surface area contributed by atoms with Crippen LogP contribution in [0.5, 0.6) is 11.5 Å². The van der Waals surface area contributed by atoms with Crippen molar-refractivity contribution in [2.24, 2.45) is 0 Å². The average Bonchev–Trinajstić information content (AvgIpc) is 3.26. The second kappa shape index (κ2) is 11.2. The molecule has 0 radical (unpaired) electrons. The third-order valence-electron chi connectivity index (χ3n) is 6.26. The Labute approximate surface area is 225 Å². The summed E-state index contributed by atoms with van der Waals surface area (Å²) in [7, 11) is 3.93. The van der Waals surface area contributed by atoms with Crippen LogP contribution >= 0.6 is 9.24 Å². The smallest absolute Gasteiger partial charge is 0.324 e. The maximum Gasteiger partial charge on any atom is 0.324 e. The summed E-state index contributed by atoms with van der Waals surface area (Å²) in [5.74, 6) is -0.492. The second-order valence-corrected chi connectivity index (χ2v) is 9.68. The number of amides is 3. The Morgan fingerprint density at radius 3 is 2.51 bits per heavy atom. The number of halogens is 2. The van der Waals surface area contributed by atoms with Gasteiger partial charge in [0.2, 0.25) is 0 Å². The van der Waals surface area contributed by atoms with Crippen LogP contribution in [0.1, 0.15) is 41.4 Å². The van der Waals surface area contributed by atoms with Gasteiger partial charge in [0.25, 0.3) is 5.91 Å². The predicted molar refractivity (Wildman–Crippen MR) is 146 cm³/mol. The van der Waals surface area contributed by atoms with Gasteiger partial charge in [0, 0.05) is 37.4 Å². The van der Waals surface area contributed by atoms with Gasteiger partial charge in [-0.3, -0.25) is 15.1 Å². The van der Waals surface area contributed by atoms with Crippen LogP contribution in [0, 0.1) is 11.6 Å². The lowest BCUT2D eigenvalue weighted by Crippen LogP contribution is -2.22. The Hall–Kier alpha value is -4.37. The molecule has 9 nitrogen and oxygen atoms in total. The predicted octanol–water partition coefficient (Wildman–Crippen LogP) is 5.11. The number of nitrogens with one attached hydrogen (secondary N) is 3. The number of rotatable bonds is 7. The molecule has 0 spiro atoms. The largest absolute Gasteiger partial charge is 0.457 e. The quantitative estimate of drug-likeness (QED) is 0.277. The minimum atomic E-state index is -0.732. The first kappa shape index (κ1) is 26.2. The normalized spacial score (nSPS) is 12.9. The maximum absolute atomic E-state index is 14.9. The Morgan fingerprint density at radius 2 is 1.82 bits per heavy atom. The number of nitrogens with zero attached hydrogens (tertiary/aromatic N) is 3. The van der Waals surface area contributed by atoms with E-state index >= 15 is 0 Å². The highest BCUT2D eigenvalue weighted by Crippen LogP contribution is 2.37. The van der Waals surface area contributed by atoms with Crippen molar-refractivity contribution in [2.45, 2.75) is 25.2 Å². The Balaban J connectivity index is 1.31. The second-order valence-electron chi connectivity index (χ2n) is 9.02. The van der Waals surface area contributed by atoms with E-state index in [2.05, 4.69) is 35.3 Å². The van der Waals surface area contributed by atoms with Gasteiger partial charge in [-0.1, -0.05) is 6.42 Å². The van der Waals surface area contributed by atoms with Gasteiger partial charge in [-0.2, -0.15) is 5.10 Å². The number of carbonyl (C=O) groups is 2. The molecule has 1 aliphatic carbocycles. The fourth-order valence-electron chi connectivity index (χ4n) is 4.10. The van der Waals surface area contributed by atoms with E-state index in [-0.39, 0.29) is 29.0 Å². The van der Waals surface area contributed by atoms with E-state index < -0.39 is 17.7 Å². The zero-order valence-electron chi connectivity index (χ0n) is 20.9. The van der Waals surface area contributed by atoms with Gasteiger partial charge in [0.05, 0.1) is 17.1 Å². The molecule has 0 aliphatic heterocycles. The number of ether oxygens (including phenoxy) is 1. The van der Waals surface area contributed by atoms with Gasteiger partial charge < -0.3 is 15.4 Å². The SMILES string of the molecule is CNC(=O)c1cc(Oc2ccc(NC(=O)Nc3cc(C4CCC4)nn3-c3cc(F)cc(P)c3)c(F)c2)ccn1. The van der Waals surface area contributed by atoms with Gasteiger partial charge in [-0.15, -0.1) is 9.24 Å². The molecule has 0 bridgehead atoms. The highest BCUT2D eigenvalue weighted by molar-refractivity contribution is 7.27. The molecular formula is C27H25F2N6O3P. The topological polar surface area (TPSA) is 110 Å². The number of carbonyl (C=O) groups excluding carboxylic acids is 2. The fourth-order valence-corrected chi connectivity index (χ4v) is 4.43. The van der Waals surface area contributed by atoms with Gasteiger partial charge >= 0.3 is 6.03 Å². The Bertz CT molecular complexity index is 1540. The average molecular weight is 551 g/mol. The first-order valence-electron chi connectivity index (χ1n) is 12.2. The molecule has 0 saturated heterocycles. The van der Waals surface area contributed by atoms with Crippen LogP contribution in [0.25, 0.3) is 5.69 Å². The van der Waals surface area contributed by atoms with Crippen LogP contribution in [0.2, 0.25) is 0 Å². The van der Waals surface area contributed by atoms with E-state index in [9.17, 15) is 18.4 Å². The molecule has 2 aromatic carbocycles. The van der Waals surface area contributed by atoms with Crippen LogP contribution in [0.15, 0.2) is 60.8 Å². The summed E-state index contributed by atoms with van der Waals surface area (Å²) < 4.78 is 36.1. The lowest BCUT2D eigenvalue weighted by molar-refractivity contribution is 0.0957. The molecule has 1 saturated carbocycles. The summed E-state index contributed by atoms with van der Waals surface area (Å²) in [4.78, 5) is 28.6. The highest BCUT2D eigenvalue weighted by atomic mass is 31.0. The molecule has 3 N–H and O–H groups in total. The number of urea groups is 1. The Morgan fingerprint density at radius 1 is 1.03 bits per heavy atom. The lowest BCUT2D eigenvalue weighted by atomic mass is 9.83. The van der Waals surface area contributed by atoms with Crippen LogP contribution in [0.4, 0.5) is 25.1 Å². The number of anilines is 2. The summed E-state index contributed by atoms with van der Waals surface area (Å²) in [6, 6.07) is 12.4. The summed E-state index contributed by atoms with van der Waals surface area (Å²) in [6.45, 7) is 0. The first-order valence-corrected chi connectivity index (χ1v) is 12.8. The van der Waals surface area contributed by atoms with E-state index in [0.717, 1.165) is 31.0 Å². The van der Waals surface area contributed by atoms with Crippen molar-refractivity contribution in [3.8, 4) is 17.2 Å². The van der Waals surface area contributed by atoms with Gasteiger partial charge in [-0.05, 0) is 54.5 Å². The molecule has 12 heteroatoms. The molecule has 1 unspecified atom stereocenters. The molecule has 5 rings (SSSR count). The van der Waals surface area contributed by atoms with E-state index in [1.165, 1.54) is 54.3 Å². The molecule has 1 atom stereocenters. The summed E-state index contributed by atoms with van der Waals surface area (Å²) in [5, 5.41) is 12.9. The first-order chi connectivity index (χ1) is 18.8. The number of hydrogen-bond donors (Lipinski definition) is 3. The zero-order chi connectivity index (χ0) is 27.5. The highest BCUT2D eigenvalue weighted by Gasteiger charge is 2.25. The molecule has 4 aromatic rings. The molecular weight excluding hydrogens is 525 g/mol. The van der Waals surface area contributed by atoms with Gasteiger partial charge in [0.15, 0.2) is 0 Å². The van der Waals surface area contributed by atoms with Crippen LogP contribution < -0.4 is 26.0 Å². The minimum Gasteiger partial charge on any atom is -0.457 e. The molecule has 39 heavy (non-hydrogen) atoms. The number of pyridine rings is 1. The monoisotopic (exact) mass is 550 g/mol. The maximum atomic E-state index is 14.9. The van der Waals surface area contributed by atoms with Gasteiger partial charge in [0.1, 0.15) is 34.6 Å². The van der Waals surface area contributed by atoms with Crippen molar-refractivity contribution in [3.05, 3.63) is 83.8 Å². The van der Waals surface area contributed by atoms with E-state index in [1.54, 1.807) is 12.1 Å². The molecule has 3 amide bonds. The summed E-state index contributed by atoms with van der Waals surface area (Å²) in [5.41, 5.74) is 1.32. The molecule has 1 fully saturated rings. The molecule has 200 valence electrons. The fraction of sp³-hybridized carbons (Fsp3) is 0.185. The van der Waals surface area contributed by atoms with Crippen molar-refractivity contribution >= 4 is 38.0 Å². The van der Waals surface area contributed by atoms with Crippen molar-refractivity contribution in [2.75, 3.05) is 17.7 Å². The van der Waals surface area contributed by atoms with Crippen molar-refractivity contribution in [1.82, 2.24) is 20.1 Å². The number of hydrogen-bond acceptors (Lipinski definition) is 5. The van der Waals surface area contributed by atoms with Crippen LogP contribution in [-0.4, -0.2) is 33.8 Å². The van der Waals surface area contributed by atoms with E-state index in [0.29, 0.717) is 22.6 Å². The number of aromatic nitrogens is 3. The minimum absolute atomic E-state index is 0.0797. The Kier molecular flexibility index (Phi) is 7.51. The lowest BCUT2D eigenvalue weighted by Gasteiger charge is -2.22. The summed E-state index contributed by atoms with van der Waals surface area (Å²) in [6.07, 6.45) is 4.49. The van der Waals surface area contributed by atoms with E-state index in [1.807, 2.05) is 0 Å². The van der Waals surface area contributed by atoms with Crippen molar-refractivity contribution in [3.63, 3.8) is 0 Å². The third-order valence-corrected chi connectivity index (χ3v) is 6.59. The van der Waals surface area contributed by atoms with Crippen molar-refractivity contribution in [1.29, 1.82) is 0 Å². The summed E-state index contributed by atoms with van der Waals surface area (Å²) >= 11 is 0. The molecule has 2 aromatic heterocycles. The molecule has 1 aliphatic rings. The van der Waals surface area contributed by atoms with Crippen LogP contribution in [-0.2, 0) is 0 Å². The third kappa shape index (κ3) is 6.04. The van der Waals surface area contributed by atoms with Crippen LogP contribution in [0.3, 0.4) is 0 Å². The van der Waals surface area contributed by atoms with Gasteiger partial charge in [-0.25, -0.2) is 18.3 Å². The standard InChI is InChI=1S/C27H25F2N6O3P/c1-30-26(36)24-13-19(7-8-31-24)38-18-5-6-22(21(29)12-18)32-27(37)33-25-14-23(15-3-2-4-15)34-35(25)17-9-16(28)10-20(39)11-17/h5-15H,2-4,39H2,1H3,(H,30,36)(H2,32,33,37). The number of benzene rings is 2. The van der Waals surface area contributed by atoms with Crippen molar-refractivity contribution < 1.29 is 23.1 Å². The van der Waals surface area contributed by atoms with E-state index in [4.69, 9.17) is 4.74 Å². The molecule has 2 heterocycles.